The lowest BCUT2D eigenvalue weighted by Gasteiger charge is -2.24. The lowest BCUT2D eigenvalue weighted by Crippen LogP contribution is -2.45. The fraction of sp³-hybridized carbons (Fsp3) is 0.273. The van der Waals surface area contributed by atoms with Crippen LogP contribution in [0.5, 0.6) is 0 Å². The molecule has 0 bridgehead atoms. The number of hydrogen-bond acceptors (Lipinski definition) is 6. The molecule has 0 radical (unpaired) electrons. The summed E-state index contributed by atoms with van der Waals surface area (Å²) in [6.07, 6.45) is 0.156. The Morgan fingerprint density at radius 3 is 2.36 bits per heavy atom. The molecule has 3 aromatic rings. The van der Waals surface area contributed by atoms with Crippen LogP contribution >= 0.6 is 22.9 Å². The summed E-state index contributed by atoms with van der Waals surface area (Å²) < 4.78 is 6.96. The Morgan fingerprint density at radius 2 is 1.76 bits per heavy atom. The number of halogens is 1. The maximum atomic E-state index is 13.0. The van der Waals surface area contributed by atoms with Gasteiger partial charge in [-0.25, -0.2) is 9.48 Å². The van der Waals surface area contributed by atoms with Crippen molar-refractivity contribution < 1.29 is 14.3 Å². The number of methoxy groups -OCH3 is 1. The van der Waals surface area contributed by atoms with Gasteiger partial charge < -0.3 is 20.3 Å². The van der Waals surface area contributed by atoms with Crippen molar-refractivity contribution >= 4 is 46.3 Å². The highest BCUT2D eigenvalue weighted by Crippen LogP contribution is 2.24. The molecular formula is C22H23ClN6O3S. The molecule has 4 rings (SSSR count). The van der Waals surface area contributed by atoms with Gasteiger partial charge in [0.15, 0.2) is 0 Å². The van der Waals surface area contributed by atoms with Crippen LogP contribution in [-0.4, -0.2) is 52.4 Å². The zero-order chi connectivity index (χ0) is 23.5. The van der Waals surface area contributed by atoms with Gasteiger partial charge in [0.25, 0.3) is 0 Å². The number of benzene rings is 2. The van der Waals surface area contributed by atoms with Crippen LogP contribution in [0.15, 0.2) is 48.5 Å². The van der Waals surface area contributed by atoms with E-state index in [1.54, 1.807) is 55.6 Å². The van der Waals surface area contributed by atoms with Gasteiger partial charge in [-0.05, 0) is 55.5 Å². The topological polar surface area (TPSA) is 112 Å². The number of aromatic nitrogens is 2. The van der Waals surface area contributed by atoms with E-state index in [1.807, 2.05) is 6.92 Å². The highest BCUT2D eigenvalue weighted by molar-refractivity contribution is 7.08. The maximum Gasteiger partial charge on any atom is 0.322 e. The number of nitrogens with one attached hydrogen (secondary N) is 3. The molecule has 0 saturated carbocycles. The molecule has 9 nitrogen and oxygen atoms in total. The predicted molar refractivity (Wildman–Crippen MR) is 127 cm³/mol. The first-order valence-corrected chi connectivity index (χ1v) is 11.4. The number of rotatable bonds is 5. The summed E-state index contributed by atoms with van der Waals surface area (Å²) in [4.78, 5) is 27.7. The first-order chi connectivity index (χ1) is 15.8. The van der Waals surface area contributed by atoms with Crippen molar-refractivity contribution in [3.05, 3.63) is 63.4 Å². The Kier molecular flexibility index (Phi) is 6.77. The zero-order valence-corrected chi connectivity index (χ0v) is 19.6. The normalized spacial score (nSPS) is 17.7. The van der Waals surface area contributed by atoms with Gasteiger partial charge in [-0.2, -0.15) is 5.10 Å². The van der Waals surface area contributed by atoms with E-state index >= 15 is 0 Å². The summed E-state index contributed by atoms with van der Waals surface area (Å²) in [7, 11) is 1.57. The molecule has 1 aliphatic heterocycles. The highest BCUT2D eigenvalue weighted by Gasteiger charge is 2.40. The van der Waals surface area contributed by atoms with Gasteiger partial charge in [0, 0.05) is 36.5 Å². The number of anilines is 2. The molecule has 2 heterocycles. The molecule has 33 heavy (non-hydrogen) atoms. The first-order valence-electron chi connectivity index (χ1n) is 10.2. The average molecular weight is 487 g/mol. The number of hydrogen-bond donors (Lipinski definition) is 3. The van der Waals surface area contributed by atoms with Gasteiger partial charge in [-0.15, -0.1) is 0 Å². The zero-order valence-electron chi connectivity index (χ0n) is 18.0. The summed E-state index contributed by atoms with van der Waals surface area (Å²) in [6.45, 7) is 2.15. The Hall–Kier alpha value is -3.21. The summed E-state index contributed by atoms with van der Waals surface area (Å²) in [5.41, 5.74) is 1.90. The standard InChI is InChI=1S/C22H23ClN6O3S/c1-13-27-29(21(24)33-13)17-9-7-15(8-10-17)25-20(30)19-11-18(32-2)12-28(19)22(31)26-16-5-3-14(23)4-6-16/h3-10,18-19,24H,11-12H2,1-2H3,(H,25,30)(H,26,31)/t18-,19-/m1/s1. The van der Waals surface area contributed by atoms with Gasteiger partial charge >= 0.3 is 6.03 Å². The molecule has 1 saturated heterocycles. The molecule has 2 aromatic carbocycles. The van der Waals surface area contributed by atoms with Crippen LogP contribution in [0.2, 0.25) is 5.02 Å². The Balaban J connectivity index is 1.46. The van der Waals surface area contributed by atoms with Crippen LogP contribution in [0, 0.1) is 12.3 Å². The molecule has 0 aliphatic carbocycles. The minimum Gasteiger partial charge on any atom is -0.380 e. The van der Waals surface area contributed by atoms with E-state index in [4.69, 9.17) is 21.7 Å². The van der Waals surface area contributed by atoms with Crippen LogP contribution in [-0.2, 0) is 9.53 Å². The van der Waals surface area contributed by atoms with Crippen LogP contribution in [0.4, 0.5) is 16.2 Å². The number of amides is 3. The third kappa shape index (κ3) is 5.24. The summed E-state index contributed by atoms with van der Waals surface area (Å²) in [6, 6.07) is 12.8. The third-order valence-electron chi connectivity index (χ3n) is 5.31. The predicted octanol–water partition coefficient (Wildman–Crippen LogP) is 3.63. The van der Waals surface area contributed by atoms with Crippen molar-refractivity contribution in [2.24, 2.45) is 0 Å². The number of ether oxygens (including phenoxy) is 1. The molecular weight excluding hydrogens is 464 g/mol. The second-order valence-electron chi connectivity index (χ2n) is 7.57. The molecule has 2 atom stereocenters. The van der Waals surface area contributed by atoms with E-state index in [9.17, 15) is 9.59 Å². The van der Waals surface area contributed by atoms with Gasteiger partial charge in [0.05, 0.1) is 11.8 Å². The van der Waals surface area contributed by atoms with Crippen molar-refractivity contribution in [3.8, 4) is 5.69 Å². The van der Waals surface area contributed by atoms with E-state index < -0.39 is 6.04 Å². The van der Waals surface area contributed by atoms with Gasteiger partial charge in [0.2, 0.25) is 10.7 Å². The van der Waals surface area contributed by atoms with Gasteiger partial charge in [-0.3, -0.25) is 10.2 Å². The molecule has 172 valence electrons. The number of carbonyl (C=O) groups is 2. The largest absolute Gasteiger partial charge is 0.380 e. The van der Waals surface area contributed by atoms with Crippen LogP contribution in [0.3, 0.4) is 0 Å². The minimum atomic E-state index is -0.683. The molecule has 1 fully saturated rings. The molecule has 1 aliphatic rings. The van der Waals surface area contributed by atoms with Crippen LogP contribution in [0.1, 0.15) is 11.4 Å². The fourth-order valence-corrected chi connectivity index (χ4v) is 4.41. The Bertz CT molecular complexity index is 1210. The molecule has 11 heteroatoms. The lowest BCUT2D eigenvalue weighted by molar-refractivity contribution is -0.119. The average Bonchev–Trinajstić information content (AvgIpc) is 3.39. The maximum absolute atomic E-state index is 13.0. The minimum absolute atomic E-state index is 0.237. The number of carbonyl (C=O) groups excluding carboxylic acids is 2. The van der Waals surface area contributed by atoms with Gasteiger partial charge in [-0.1, -0.05) is 22.9 Å². The van der Waals surface area contributed by atoms with E-state index in [0.29, 0.717) is 34.2 Å². The Morgan fingerprint density at radius 1 is 1.12 bits per heavy atom. The number of aryl methyl sites for hydroxylation is 1. The quantitative estimate of drug-likeness (QED) is 0.511. The molecule has 0 unspecified atom stereocenters. The number of nitrogens with zero attached hydrogens (tertiary/aromatic N) is 3. The number of urea groups is 1. The SMILES string of the molecule is CO[C@@H]1C[C@H](C(=O)Nc2ccc(-n3nc(C)sc3=N)cc2)N(C(=O)Nc2ccc(Cl)cc2)C1. The van der Waals surface area contributed by atoms with E-state index in [-0.39, 0.29) is 18.0 Å². The highest BCUT2D eigenvalue weighted by atomic mass is 35.5. The van der Waals surface area contributed by atoms with Crippen molar-refractivity contribution in [1.82, 2.24) is 14.7 Å². The first kappa shape index (κ1) is 23.0. The fourth-order valence-electron chi connectivity index (χ4n) is 3.65. The summed E-state index contributed by atoms with van der Waals surface area (Å²) in [5, 5.41) is 19.3. The Labute approximate surface area is 199 Å². The number of likely N-dealkylation sites (tertiary alicyclic amines) is 1. The smallest absolute Gasteiger partial charge is 0.322 e. The second kappa shape index (κ2) is 9.74. The summed E-state index contributed by atoms with van der Waals surface area (Å²) >= 11 is 7.19. The third-order valence-corrected chi connectivity index (χ3v) is 6.31. The van der Waals surface area contributed by atoms with Crippen molar-refractivity contribution in [1.29, 1.82) is 5.41 Å². The lowest BCUT2D eigenvalue weighted by atomic mass is 10.1. The van der Waals surface area contributed by atoms with E-state index in [1.165, 1.54) is 20.9 Å². The van der Waals surface area contributed by atoms with Crippen LogP contribution in [0.25, 0.3) is 5.69 Å². The van der Waals surface area contributed by atoms with Crippen molar-refractivity contribution in [3.63, 3.8) is 0 Å². The monoisotopic (exact) mass is 486 g/mol. The van der Waals surface area contributed by atoms with E-state index in [2.05, 4.69) is 15.7 Å². The molecule has 3 N–H and O–H groups in total. The van der Waals surface area contributed by atoms with E-state index in [0.717, 1.165) is 10.7 Å². The molecule has 1 aromatic heterocycles. The molecule has 0 spiro atoms. The second-order valence-corrected chi connectivity index (χ2v) is 9.19. The molecule has 3 amide bonds. The van der Waals surface area contributed by atoms with Gasteiger partial charge in [0.1, 0.15) is 11.0 Å². The van der Waals surface area contributed by atoms with Crippen molar-refractivity contribution in [2.45, 2.75) is 25.5 Å². The van der Waals surface area contributed by atoms with Crippen LogP contribution < -0.4 is 15.4 Å². The van der Waals surface area contributed by atoms with Crippen molar-refractivity contribution in [2.75, 3.05) is 24.3 Å². The summed E-state index contributed by atoms with van der Waals surface area (Å²) in [5.74, 6) is -0.299.